The van der Waals surface area contributed by atoms with Gasteiger partial charge in [0.15, 0.2) is 0 Å². The van der Waals surface area contributed by atoms with E-state index in [1.165, 1.54) is 6.07 Å². The van der Waals surface area contributed by atoms with Crippen molar-refractivity contribution in [1.29, 1.82) is 0 Å². The molecule has 3 N–H and O–H groups in total. The highest BCUT2D eigenvalue weighted by atomic mass is 79.9. The Morgan fingerprint density at radius 2 is 2.00 bits per heavy atom. The molecule has 0 aliphatic heterocycles. The van der Waals surface area contributed by atoms with Crippen LogP contribution < -0.4 is 10.6 Å². The Bertz CT molecular complexity index is 796. The minimum Gasteiger partial charge on any atom is -0.394 e. The van der Waals surface area contributed by atoms with Crippen molar-refractivity contribution in [3.8, 4) is 0 Å². The van der Waals surface area contributed by atoms with Crippen LogP contribution in [0.5, 0.6) is 0 Å². The van der Waals surface area contributed by atoms with E-state index in [-0.39, 0.29) is 17.1 Å². The van der Waals surface area contributed by atoms with Gasteiger partial charge < -0.3 is 15.7 Å². The van der Waals surface area contributed by atoms with Crippen molar-refractivity contribution in [2.24, 2.45) is 0 Å². The van der Waals surface area contributed by atoms with Crippen molar-refractivity contribution in [2.45, 2.75) is 37.9 Å². The highest BCUT2D eigenvalue weighted by Gasteiger charge is 2.31. The molecule has 1 aliphatic carbocycles. The summed E-state index contributed by atoms with van der Waals surface area (Å²) < 4.78 is 38.7. The molecule has 1 aromatic heterocycles. The van der Waals surface area contributed by atoms with Crippen LogP contribution in [-0.4, -0.2) is 27.7 Å². The number of aliphatic hydroxyl groups is 1. The molecule has 1 aromatic carbocycles. The van der Waals surface area contributed by atoms with Gasteiger partial charge in [0, 0.05) is 22.5 Å². The third kappa shape index (κ3) is 4.64. The van der Waals surface area contributed by atoms with Crippen molar-refractivity contribution < 1.29 is 18.3 Å². The average molecular weight is 431 g/mol. The minimum atomic E-state index is -4.40. The summed E-state index contributed by atoms with van der Waals surface area (Å²) in [5.74, 6) is 1.23. The predicted octanol–water partition coefficient (Wildman–Crippen LogP) is 4.67. The summed E-state index contributed by atoms with van der Waals surface area (Å²) in [6, 6.07) is 4.99. The lowest BCUT2D eigenvalue weighted by Gasteiger charge is -2.15. The molecular formula is C17H18BrF3N4O. The first-order chi connectivity index (χ1) is 12.3. The van der Waals surface area contributed by atoms with Gasteiger partial charge in [-0.05, 0) is 53.9 Å². The lowest BCUT2D eigenvalue weighted by Crippen LogP contribution is -2.21. The van der Waals surface area contributed by atoms with Gasteiger partial charge in [-0.3, -0.25) is 0 Å². The normalized spacial score (nSPS) is 15.6. The first kappa shape index (κ1) is 18.9. The standard InChI is InChI=1S/C17H18BrF3N4O/c1-9(8-26)22-16-24-14(10-2-3-10)7-15(25-16)23-13-5-4-11(6-12(13)18)17(19,20)21/h4-7,9-10,26H,2-3,8H2,1H3,(H2,22,23,24,25)/t9-/m0/s1. The molecule has 1 fully saturated rings. The maximum absolute atomic E-state index is 12.8. The second-order valence-electron chi connectivity index (χ2n) is 6.32. The molecule has 0 radical (unpaired) electrons. The lowest BCUT2D eigenvalue weighted by molar-refractivity contribution is -0.137. The van der Waals surface area contributed by atoms with Crippen LogP contribution in [0.1, 0.15) is 36.9 Å². The fourth-order valence-corrected chi connectivity index (χ4v) is 2.86. The molecule has 2 aromatic rings. The quantitative estimate of drug-likeness (QED) is 0.620. The van der Waals surface area contributed by atoms with E-state index in [4.69, 9.17) is 0 Å². The molecule has 1 aliphatic rings. The SMILES string of the molecule is C[C@@H](CO)Nc1nc(Nc2ccc(C(F)(F)F)cc2Br)cc(C2CC2)n1. The molecule has 0 bridgehead atoms. The van der Waals surface area contributed by atoms with Crippen LogP contribution in [0.3, 0.4) is 0 Å². The molecule has 0 saturated heterocycles. The maximum atomic E-state index is 12.8. The van der Waals surface area contributed by atoms with E-state index in [9.17, 15) is 18.3 Å². The molecule has 140 valence electrons. The Labute approximate surface area is 157 Å². The van der Waals surface area contributed by atoms with E-state index >= 15 is 0 Å². The number of halogens is 4. The number of alkyl halides is 3. The van der Waals surface area contributed by atoms with Gasteiger partial charge >= 0.3 is 6.18 Å². The number of hydrogen-bond acceptors (Lipinski definition) is 5. The number of anilines is 3. The van der Waals surface area contributed by atoms with E-state index < -0.39 is 11.7 Å². The molecule has 1 atom stereocenters. The first-order valence-corrected chi connectivity index (χ1v) is 8.95. The first-order valence-electron chi connectivity index (χ1n) is 8.16. The Hall–Kier alpha value is -1.87. The number of aromatic nitrogens is 2. The summed E-state index contributed by atoms with van der Waals surface area (Å²) in [4.78, 5) is 8.81. The van der Waals surface area contributed by atoms with Crippen LogP contribution in [0.25, 0.3) is 0 Å². The Morgan fingerprint density at radius 3 is 2.58 bits per heavy atom. The van der Waals surface area contributed by atoms with E-state index in [1.807, 2.05) is 0 Å². The van der Waals surface area contributed by atoms with Gasteiger partial charge in [-0.1, -0.05) is 0 Å². The van der Waals surface area contributed by atoms with Gasteiger partial charge in [-0.25, -0.2) is 4.98 Å². The molecule has 9 heteroatoms. The number of aliphatic hydroxyl groups excluding tert-OH is 1. The van der Waals surface area contributed by atoms with E-state index in [2.05, 4.69) is 36.5 Å². The molecular weight excluding hydrogens is 413 g/mol. The van der Waals surface area contributed by atoms with Gasteiger partial charge in [-0.2, -0.15) is 18.2 Å². The monoisotopic (exact) mass is 430 g/mol. The summed E-state index contributed by atoms with van der Waals surface area (Å²) in [5, 5.41) is 15.2. The van der Waals surface area contributed by atoms with Crippen molar-refractivity contribution in [3.05, 3.63) is 40.0 Å². The summed E-state index contributed by atoms with van der Waals surface area (Å²) in [7, 11) is 0. The van der Waals surface area contributed by atoms with Gasteiger partial charge in [0.1, 0.15) is 5.82 Å². The molecule has 1 heterocycles. The van der Waals surface area contributed by atoms with Crippen LogP contribution in [0.15, 0.2) is 28.7 Å². The number of benzene rings is 1. The number of nitrogens with zero attached hydrogens (tertiary/aromatic N) is 2. The van der Waals surface area contributed by atoms with Crippen LogP contribution in [0.2, 0.25) is 0 Å². The van der Waals surface area contributed by atoms with Crippen LogP contribution in [0.4, 0.5) is 30.6 Å². The van der Waals surface area contributed by atoms with Crippen molar-refractivity contribution in [2.75, 3.05) is 17.2 Å². The zero-order valence-corrected chi connectivity index (χ0v) is 15.5. The van der Waals surface area contributed by atoms with Crippen molar-refractivity contribution >= 4 is 33.4 Å². The van der Waals surface area contributed by atoms with Gasteiger partial charge in [-0.15, -0.1) is 0 Å². The van der Waals surface area contributed by atoms with Crippen LogP contribution in [-0.2, 0) is 6.18 Å². The molecule has 5 nitrogen and oxygen atoms in total. The van der Waals surface area contributed by atoms with E-state index in [0.717, 1.165) is 30.7 Å². The van der Waals surface area contributed by atoms with Gasteiger partial charge in [0.2, 0.25) is 5.95 Å². The predicted molar refractivity (Wildman–Crippen MR) is 96.6 cm³/mol. The van der Waals surface area contributed by atoms with Crippen molar-refractivity contribution in [3.63, 3.8) is 0 Å². The van der Waals surface area contributed by atoms with Gasteiger partial charge in [0.05, 0.1) is 23.6 Å². The molecule has 26 heavy (non-hydrogen) atoms. The van der Waals surface area contributed by atoms with Crippen LogP contribution >= 0.6 is 15.9 Å². The topological polar surface area (TPSA) is 70.1 Å². The summed E-state index contributed by atoms with van der Waals surface area (Å²) >= 11 is 3.17. The molecule has 0 spiro atoms. The summed E-state index contributed by atoms with van der Waals surface area (Å²) in [5.41, 5.74) is 0.619. The van der Waals surface area contributed by atoms with Crippen molar-refractivity contribution in [1.82, 2.24) is 9.97 Å². The Kier molecular flexibility index (Phi) is 5.38. The minimum absolute atomic E-state index is 0.0652. The molecule has 0 unspecified atom stereocenters. The average Bonchev–Trinajstić information content (AvgIpc) is 3.40. The zero-order valence-electron chi connectivity index (χ0n) is 13.9. The fraction of sp³-hybridized carbons (Fsp3) is 0.412. The largest absolute Gasteiger partial charge is 0.416 e. The zero-order chi connectivity index (χ0) is 18.9. The summed E-state index contributed by atoms with van der Waals surface area (Å²) in [6.07, 6.45) is -2.29. The van der Waals surface area contributed by atoms with Crippen LogP contribution in [0, 0.1) is 0 Å². The second-order valence-corrected chi connectivity index (χ2v) is 7.18. The number of hydrogen-bond donors (Lipinski definition) is 3. The Morgan fingerprint density at radius 1 is 1.27 bits per heavy atom. The Balaban J connectivity index is 1.87. The third-order valence-corrected chi connectivity index (χ3v) is 4.61. The fourth-order valence-electron chi connectivity index (χ4n) is 2.38. The smallest absolute Gasteiger partial charge is 0.394 e. The summed E-state index contributed by atoms with van der Waals surface area (Å²) in [6.45, 7) is 1.73. The van der Waals surface area contributed by atoms with Gasteiger partial charge in [0.25, 0.3) is 0 Å². The molecule has 1 saturated carbocycles. The number of rotatable bonds is 6. The number of nitrogens with one attached hydrogen (secondary N) is 2. The van der Waals surface area contributed by atoms with E-state index in [0.29, 0.717) is 23.4 Å². The van der Waals surface area contributed by atoms with E-state index in [1.54, 1.807) is 13.0 Å². The lowest BCUT2D eigenvalue weighted by atomic mass is 10.2. The molecule has 3 rings (SSSR count). The highest BCUT2D eigenvalue weighted by Crippen LogP contribution is 2.40. The second kappa shape index (κ2) is 7.40. The molecule has 0 amide bonds. The highest BCUT2D eigenvalue weighted by molar-refractivity contribution is 9.10. The third-order valence-electron chi connectivity index (χ3n) is 3.95. The maximum Gasteiger partial charge on any atom is 0.416 e.